The summed E-state index contributed by atoms with van der Waals surface area (Å²) in [5, 5.41) is 4.30. The number of morpholine rings is 1. The number of fused-ring (bicyclic) bond motifs is 1. The van der Waals surface area contributed by atoms with E-state index in [1.165, 1.54) is 0 Å². The van der Waals surface area contributed by atoms with Gasteiger partial charge in [-0.2, -0.15) is 5.10 Å². The van der Waals surface area contributed by atoms with Gasteiger partial charge in [-0.05, 0) is 19.3 Å². The number of aryl methyl sites for hydroxylation is 1. The third-order valence-electron chi connectivity index (χ3n) is 4.34. The van der Waals surface area contributed by atoms with Crippen molar-refractivity contribution in [3.8, 4) is 0 Å². The fraction of sp³-hybridized carbons (Fsp3) is 0.667. The summed E-state index contributed by atoms with van der Waals surface area (Å²) >= 11 is 0. The Hall–Kier alpha value is -1.73. The number of carbonyl (C=O) groups excluding carboxylic acids is 2. The van der Waals surface area contributed by atoms with Crippen LogP contribution in [0.1, 0.15) is 45.8 Å². The first-order chi connectivity index (χ1) is 10.7. The molecule has 1 aliphatic heterocycles. The van der Waals surface area contributed by atoms with Crippen molar-refractivity contribution in [2.45, 2.75) is 32.2 Å². The van der Waals surface area contributed by atoms with Crippen molar-refractivity contribution >= 4 is 11.7 Å². The van der Waals surface area contributed by atoms with E-state index in [9.17, 15) is 9.59 Å². The molecule has 0 atom stereocenters. The minimum Gasteiger partial charge on any atom is -0.379 e. The average molecular weight is 306 g/mol. The van der Waals surface area contributed by atoms with Crippen LogP contribution < -0.4 is 5.73 Å². The van der Waals surface area contributed by atoms with E-state index >= 15 is 0 Å². The van der Waals surface area contributed by atoms with Crippen LogP contribution in [0, 0.1) is 0 Å². The summed E-state index contributed by atoms with van der Waals surface area (Å²) in [4.78, 5) is 25.9. The first kappa shape index (κ1) is 15.2. The van der Waals surface area contributed by atoms with Gasteiger partial charge in [0.25, 0.3) is 5.91 Å². The SMILES string of the molecule is NC(=O)c1nn(CCCN2CCOCC2)c2c1C(=O)CCC2. The lowest BCUT2D eigenvalue weighted by molar-refractivity contribution is 0.0368. The number of carbonyl (C=O) groups is 2. The number of hydrogen-bond donors (Lipinski definition) is 1. The van der Waals surface area contributed by atoms with Crippen molar-refractivity contribution in [3.05, 3.63) is 17.0 Å². The van der Waals surface area contributed by atoms with Crippen LogP contribution in [0.15, 0.2) is 0 Å². The molecule has 2 aliphatic rings. The highest BCUT2D eigenvalue weighted by molar-refractivity contribution is 6.07. The van der Waals surface area contributed by atoms with Crippen molar-refractivity contribution in [1.29, 1.82) is 0 Å². The van der Waals surface area contributed by atoms with E-state index in [2.05, 4.69) is 10.00 Å². The van der Waals surface area contributed by atoms with Gasteiger partial charge in [-0.3, -0.25) is 19.2 Å². The Morgan fingerprint density at radius 3 is 2.73 bits per heavy atom. The normalized spacial score (nSPS) is 19.2. The van der Waals surface area contributed by atoms with Crippen LogP contribution in [0.4, 0.5) is 0 Å². The van der Waals surface area contributed by atoms with Gasteiger partial charge in [0.15, 0.2) is 11.5 Å². The van der Waals surface area contributed by atoms with Gasteiger partial charge in [-0.15, -0.1) is 0 Å². The zero-order valence-corrected chi connectivity index (χ0v) is 12.7. The van der Waals surface area contributed by atoms with Crippen molar-refractivity contribution < 1.29 is 14.3 Å². The highest BCUT2D eigenvalue weighted by Gasteiger charge is 2.29. The van der Waals surface area contributed by atoms with Crippen LogP contribution in [-0.2, 0) is 17.7 Å². The number of ketones is 1. The van der Waals surface area contributed by atoms with E-state index in [-0.39, 0.29) is 11.5 Å². The van der Waals surface area contributed by atoms with Crippen molar-refractivity contribution in [2.75, 3.05) is 32.8 Å². The monoisotopic (exact) mass is 306 g/mol. The lowest BCUT2D eigenvalue weighted by Gasteiger charge is -2.26. The zero-order valence-electron chi connectivity index (χ0n) is 12.7. The van der Waals surface area contributed by atoms with Gasteiger partial charge in [0.2, 0.25) is 0 Å². The number of rotatable bonds is 5. The molecule has 0 unspecified atom stereocenters. The number of primary amides is 1. The lowest BCUT2D eigenvalue weighted by Crippen LogP contribution is -2.37. The quantitative estimate of drug-likeness (QED) is 0.840. The van der Waals surface area contributed by atoms with Gasteiger partial charge in [0, 0.05) is 32.6 Å². The second-order valence-corrected chi connectivity index (χ2v) is 5.84. The molecule has 7 nitrogen and oxygen atoms in total. The van der Waals surface area contributed by atoms with E-state index in [1.807, 2.05) is 4.68 Å². The molecule has 2 N–H and O–H groups in total. The first-order valence-electron chi connectivity index (χ1n) is 7.89. The van der Waals surface area contributed by atoms with E-state index in [0.717, 1.165) is 57.8 Å². The Balaban J connectivity index is 1.69. The van der Waals surface area contributed by atoms with Crippen LogP contribution >= 0.6 is 0 Å². The standard InChI is InChI=1S/C15H22N4O3/c16-15(21)14-13-11(3-1-4-12(13)20)19(17-14)6-2-5-18-7-9-22-10-8-18/h1-10H2,(H2,16,21). The topological polar surface area (TPSA) is 90.5 Å². The summed E-state index contributed by atoms with van der Waals surface area (Å²) in [6, 6.07) is 0. The number of Topliss-reactive ketones (excluding diaryl/α,β-unsaturated/α-hetero) is 1. The van der Waals surface area contributed by atoms with Crippen LogP contribution in [0.25, 0.3) is 0 Å². The summed E-state index contributed by atoms with van der Waals surface area (Å²) < 4.78 is 7.14. The Kier molecular flexibility index (Phi) is 4.54. The van der Waals surface area contributed by atoms with Crippen LogP contribution in [0.5, 0.6) is 0 Å². The summed E-state index contributed by atoms with van der Waals surface area (Å²) in [7, 11) is 0. The number of hydrogen-bond acceptors (Lipinski definition) is 5. The molecule has 0 saturated carbocycles. The number of aromatic nitrogens is 2. The van der Waals surface area contributed by atoms with Crippen LogP contribution in [-0.4, -0.2) is 59.2 Å². The lowest BCUT2D eigenvalue weighted by atomic mass is 9.94. The minimum atomic E-state index is -0.613. The smallest absolute Gasteiger partial charge is 0.269 e. The highest BCUT2D eigenvalue weighted by Crippen LogP contribution is 2.24. The fourth-order valence-corrected chi connectivity index (χ4v) is 3.21. The molecule has 1 aromatic heterocycles. The molecule has 0 spiro atoms. The Morgan fingerprint density at radius 1 is 1.23 bits per heavy atom. The molecule has 120 valence electrons. The highest BCUT2D eigenvalue weighted by atomic mass is 16.5. The van der Waals surface area contributed by atoms with E-state index in [0.29, 0.717) is 18.5 Å². The molecule has 1 aromatic rings. The van der Waals surface area contributed by atoms with Gasteiger partial charge < -0.3 is 10.5 Å². The second-order valence-electron chi connectivity index (χ2n) is 5.84. The summed E-state index contributed by atoms with van der Waals surface area (Å²) in [6.07, 6.45) is 3.02. The number of ether oxygens (including phenoxy) is 1. The molecule has 0 bridgehead atoms. The van der Waals surface area contributed by atoms with Crippen molar-refractivity contribution in [1.82, 2.24) is 14.7 Å². The van der Waals surface area contributed by atoms with Crippen molar-refractivity contribution in [3.63, 3.8) is 0 Å². The molecule has 0 radical (unpaired) electrons. The number of amides is 1. The third-order valence-corrected chi connectivity index (χ3v) is 4.34. The van der Waals surface area contributed by atoms with Crippen molar-refractivity contribution in [2.24, 2.45) is 5.73 Å². The average Bonchev–Trinajstić information content (AvgIpc) is 2.89. The Morgan fingerprint density at radius 2 is 2.00 bits per heavy atom. The third kappa shape index (κ3) is 3.05. The molecule has 3 rings (SSSR count). The summed E-state index contributed by atoms with van der Waals surface area (Å²) in [6.45, 7) is 5.18. The zero-order chi connectivity index (χ0) is 15.5. The molecule has 2 heterocycles. The maximum atomic E-state index is 12.1. The fourth-order valence-electron chi connectivity index (χ4n) is 3.21. The van der Waals surface area contributed by atoms with E-state index in [1.54, 1.807) is 0 Å². The predicted octanol–water partition coefficient (Wildman–Crippen LogP) is 0.223. The molecular formula is C15H22N4O3. The molecular weight excluding hydrogens is 284 g/mol. The van der Waals surface area contributed by atoms with E-state index in [4.69, 9.17) is 10.5 Å². The van der Waals surface area contributed by atoms with Crippen LogP contribution in [0.2, 0.25) is 0 Å². The van der Waals surface area contributed by atoms with Crippen LogP contribution in [0.3, 0.4) is 0 Å². The van der Waals surface area contributed by atoms with Gasteiger partial charge in [0.05, 0.1) is 24.5 Å². The maximum absolute atomic E-state index is 12.1. The molecule has 0 aromatic carbocycles. The minimum absolute atomic E-state index is 0.00511. The first-order valence-corrected chi connectivity index (χ1v) is 7.89. The summed E-state index contributed by atoms with van der Waals surface area (Å²) in [5.74, 6) is -0.618. The largest absolute Gasteiger partial charge is 0.379 e. The van der Waals surface area contributed by atoms with Gasteiger partial charge >= 0.3 is 0 Å². The van der Waals surface area contributed by atoms with Gasteiger partial charge in [-0.1, -0.05) is 0 Å². The number of nitrogens with zero attached hydrogens (tertiary/aromatic N) is 3. The molecule has 1 saturated heterocycles. The molecule has 1 amide bonds. The van der Waals surface area contributed by atoms with E-state index < -0.39 is 5.91 Å². The molecule has 1 aliphatic carbocycles. The number of nitrogens with two attached hydrogens (primary N) is 1. The molecule has 1 fully saturated rings. The Bertz CT molecular complexity index is 576. The maximum Gasteiger partial charge on any atom is 0.269 e. The molecule has 7 heteroatoms. The Labute approximate surface area is 129 Å². The molecule has 22 heavy (non-hydrogen) atoms. The summed E-state index contributed by atoms with van der Waals surface area (Å²) in [5.41, 5.74) is 6.86. The second kappa shape index (κ2) is 6.58. The van der Waals surface area contributed by atoms with Gasteiger partial charge in [0.1, 0.15) is 0 Å². The predicted molar refractivity (Wildman–Crippen MR) is 79.9 cm³/mol. The van der Waals surface area contributed by atoms with Gasteiger partial charge in [-0.25, -0.2) is 0 Å².